The zero-order chi connectivity index (χ0) is 46.7. The Bertz CT molecular complexity index is 1220. The normalized spacial score (nSPS) is 26.7. The molecule has 6 fully saturated rings. The monoisotopic (exact) mass is 858 g/mol. The molecule has 6 rings (SSSR count). The first-order chi connectivity index (χ1) is 27.7. The first-order valence-corrected chi connectivity index (χ1v) is 25.9. The quantitative estimate of drug-likeness (QED) is 0.223. The third-order valence-corrected chi connectivity index (χ3v) is 15.7. The smallest absolute Gasteiger partial charge is 0.223 e. The molecule has 2 unspecified atom stereocenters. The molecule has 0 aromatic heterocycles. The van der Waals surface area contributed by atoms with E-state index in [1.807, 2.05) is 0 Å². The molecule has 0 bridgehead atoms. The van der Waals surface area contributed by atoms with Crippen LogP contribution in [0.25, 0.3) is 0 Å². The number of carbonyl (C=O) groups is 1. The van der Waals surface area contributed by atoms with Gasteiger partial charge in [-0.05, 0) is 207 Å². The van der Waals surface area contributed by atoms with Gasteiger partial charge in [0.1, 0.15) is 0 Å². The number of rotatable bonds is 2. The Kier molecular flexibility index (Phi) is 21.4. The lowest BCUT2D eigenvalue weighted by Crippen LogP contribution is -2.59. The van der Waals surface area contributed by atoms with Crippen molar-refractivity contribution >= 4 is 5.91 Å². The van der Waals surface area contributed by atoms with E-state index in [9.17, 15) is 4.79 Å². The lowest BCUT2D eigenvalue weighted by atomic mass is 9.66. The summed E-state index contributed by atoms with van der Waals surface area (Å²) in [6.45, 7) is 56.3. The SMILES string of the molecule is CC(C)(C)C1CCCCNC1=O.CC(C)(C)C1CCNCC1.CC(C)(C)C1CNCCC12CC2.CC1(C)CC(C(C)(C)C)CC(C)(C)N1.CCCN1CCC(C(C)(C)C)CC1. The molecule has 1 spiro atoms. The number of amides is 1. The van der Waals surface area contributed by atoms with Gasteiger partial charge < -0.3 is 26.2 Å². The van der Waals surface area contributed by atoms with Crippen LogP contribution in [0.15, 0.2) is 0 Å². The highest BCUT2D eigenvalue weighted by Gasteiger charge is 2.53. The fourth-order valence-electron chi connectivity index (χ4n) is 11.7. The Balaban J connectivity index is 0.000000263. The minimum absolute atomic E-state index is 0.119. The van der Waals surface area contributed by atoms with Crippen LogP contribution >= 0.6 is 0 Å². The second-order valence-corrected chi connectivity index (χ2v) is 27.7. The summed E-state index contributed by atoms with van der Waals surface area (Å²) in [7, 11) is 0. The van der Waals surface area contributed by atoms with Crippen LogP contribution in [0.5, 0.6) is 0 Å². The van der Waals surface area contributed by atoms with Gasteiger partial charge >= 0.3 is 0 Å². The fraction of sp³-hybridized carbons (Fsp3) is 0.982. The van der Waals surface area contributed by atoms with Crippen molar-refractivity contribution in [2.24, 2.45) is 62.1 Å². The molecule has 2 atom stereocenters. The number of piperidine rings is 4. The molecule has 0 radical (unpaired) electrons. The summed E-state index contributed by atoms with van der Waals surface area (Å²) >= 11 is 0. The molecule has 5 heterocycles. The Morgan fingerprint density at radius 3 is 1.44 bits per heavy atom. The molecule has 6 aliphatic rings. The number of carbonyl (C=O) groups excluding carboxylic acids is 1. The Labute approximate surface area is 383 Å². The maximum absolute atomic E-state index is 11.5. The molecule has 1 amide bonds. The lowest BCUT2D eigenvalue weighted by molar-refractivity contribution is -0.127. The maximum Gasteiger partial charge on any atom is 0.223 e. The molecule has 5 saturated heterocycles. The third kappa shape index (κ3) is 20.6. The molecule has 0 aromatic carbocycles. The van der Waals surface area contributed by atoms with Crippen molar-refractivity contribution in [2.75, 3.05) is 52.4 Å². The van der Waals surface area contributed by atoms with E-state index in [-0.39, 0.29) is 17.2 Å². The van der Waals surface area contributed by atoms with E-state index in [1.54, 1.807) is 0 Å². The number of hydrogen-bond acceptors (Lipinski definition) is 5. The van der Waals surface area contributed by atoms with Gasteiger partial charge in [0.25, 0.3) is 0 Å². The molecular formula is C55H111N5O. The molecule has 1 saturated carbocycles. The summed E-state index contributed by atoms with van der Waals surface area (Å²) in [6.07, 6.45) is 17.2. The van der Waals surface area contributed by atoms with Crippen LogP contribution in [0, 0.1) is 62.1 Å². The number of nitrogens with one attached hydrogen (secondary N) is 4. The van der Waals surface area contributed by atoms with Crippen molar-refractivity contribution in [1.82, 2.24) is 26.2 Å². The highest BCUT2D eigenvalue weighted by atomic mass is 16.1. The Morgan fingerprint density at radius 2 is 1.05 bits per heavy atom. The van der Waals surface area contributed by atoms with Crippen LogP contribution in [0.2, 0.25) is 0 Å². The van der Waals surface area contributed by atoms with Gasteiger partial charge in [0.15, 0.2) is 0 Å². The van der Waals surface area contributed by atoms with Gasteiger partial charge in [0, 0.05) is 23.5 Å². The fourth-order valence-corrected chi connectivity index (χ4v) is 11.7. The van der Waals surface area contributed by atoms with Gasteiger partial charge in [0.05, 0.1) is 0 Å². The number of hydrogen-bond donors (Lipinski definition) is 4. The number of nitrogens with zero attached hydrogens (tertiary/aromatic N) is 1. The standard InChI is InChI=1S/C13H27N.C12H25N.C11H21N.C10H19NO.C9H19N/c1-11(2,3)10-8-12(4,5)14-13(6,7)9-10;1-5-8-13-9-6-11(7-10-13)12(2,3)4;1-10(2,3)9-8-12-7-6-11(9)4-5-11;1-10(2,3)8-6-4-5-7-11-9(8)12;1-9(2,3)8-4-6-10-7-5-8/h10,14H,8-9H2,1-7H3;11H,5-10H2,1-4H3;9,12H,4-8H2,1-3H3;8H,4-7H2,1-3H3,(H,11,12);8,10H,4-7H2,1-3H3. The third-order valence-electron chi connectivity index (χ3n) is 15.7. The van der Waals surface area contributed by atoms with Crippen molar-refractivity contribution in [3.63, 3.8) is 0 Å². The molecule has 362 valence electrons. The summed E-state index contributed by atoms with van der Waals surface area (Å²) < 4.78 is 0. The van der Waals surface area contributed by atoms with Crippen LogP contribution in [0.4, 0.5) is 0 Å². The van der Waals surface area contributed by atoms with E-state index >= 15 is 0 Å². The average molecular weight is 859 g/mol. The Hall–Kier alpha value is -0.690. The zero-order valence-corrected chi connectivity index (χ0v) is 45.1. The topological polar surface area (TPSA) is 68.4 Å². The van der Waals surface area contributed by atoms with E-state index in [0.29, 0.717) is 32.7 Å². The molecular weight excluding hydrogens is 747 g/mol. The van der Waals surface area contributed by atoms with Crippen LogP contribution in [-0.2, 0) is 4.79 Å². The summed E-state index contributed by atoms with van der Waals surface area (Å²) in [5.41, 5.74) is 3.47. The Morgan fingerprint density at radius 1 is 0.557 bits per heavy atom. The van der Waals surface area contributed by atoms with Gasteiger partial charge in [0.2, 0.25) is 5.91 Å². The second-order valence-electron chi connectivity index (χ2n) is 27.7. The predicted octanol–water partition coefficient (Wildman–Crippen LogP) is 13.1. The van der Waals surface area contributed by atoms with Gasteiger partial charge in [-0.25, -0.2) is 0 Å². The molecule has 1 aliphatic carbocycles. The van der Waals surface area contributed by atoms with Crippen LogP contribution in [-0.4, -0.2) is 74.2 Å². The minimum Gasteiger partial charge on any atom is -0.356 e. The molecule has 6 heteroatoms. The summed E-state index contributed by atoms with van der Waals surface area (Å²) in [5, 5.41) is 13.6. The average Bonchev–Trinajstić information content (AvgIpc) is 3.90. The van der Waals surface area contributed by atoms with E-state index in [1.165, 1.54) is 116 Å². The summed E-state index contributed by atoms with van der Waals surface area (Å²) in [4.78, 5) is 14.2. The van der Waals surface area contributed by atoms with Crippen LogP contribution < -0.4 is 21.3 Å². The molecule has 61 heavy (non-hydrogen) atoms. The minimum atomic E-state index is 0.119. The summed E-state index contributed by atoms with van der Waals surface area (Å²) in [6, 6.07) is 0. The zero-order valence-electron chi connectivity index (χ0n) is 45.1. The molecule has 4 N–H and O–H groups in total. The highest BCUT2D eigenvalue weighted by molar-refractivity contribution is 5.79. The van der Waals surface area contributed by atoms with Gasteiger partial charge in [-0.15, -0.1) is 0 Å². The van der Waals surface area contributed by atoms with Crippen LogP contribution in [0.1, 0.15) is 222 Å². The largest absolute Gasteiger partial charge is 0.356 e. The molecule has 6 nitrogen and oxygen atoms in total. The van der Waals surface area contributed by atoms with Crippen molar-refractivity contribution in [2.45, 2.75) is 233 Å². The van der Waals surface area contributed by atoms with Gasteiger partial charge in [-0.3, -0.25) is 4.79 Å². The van der Waals surface area contributed by atoms with E-state index < -0.39 is 0 Å². The van der Waals surface area contributed by atoms with Crippen molar-refractivity contribution in [1.29, 1.82) is 0 Å². The predicted molar refractivity (Wildman–Crippen MR) is 269 cm³/mol. The van der Waals surface area contributed by atoms with Crippen LogP contribution in [0.3, 0.4) is 0 Å². The molecule has 5 aliphatic heterocycles. The van der Waals surface area contributed by atoms with Gasteiger partial charge in [-0.2, -0.15) is 0 Å². The number of likely N-dealkylation sites (tertiary alicyclic amines) is 1. The van der Waals surface area contributed by atoms with Gasteiger partial charge in [-0.1, -0.05) is 117 Å². The van der Waals surface area contributed by atoms with Crippen molar-refractivity contribution in [3.8, 4) is 0 Å². The van der Waals surface area contributed by atoms with Crippen molar-refractivity contribution < 1.29 is 4.79 Å². The van der Waals surface area contributed by atoms with E-state index in [4.69, 9.17) is 0 Å². The maximum atomic E-state index is 11.5. The lowest BCUT2D eigenvalue weighted by Gasteiger charge is -2.50. The second kappa shape index (κ2) is 23.2. The summed E-state index contributed by atoms with van der Waals surface area (Å²) in [5.74, 6) is 4.09. The molecule has 0 aromatic rings. The highest BCUT2D eigenvalue weighted by Crippen LogP contribution is 2.60. The van der Waals surface area contributed by atoms with E-state index in [2.05, 4.69) is 165 Å². The van der Waals surface area contributed by atoms with Crippen molar-refractivity contribution in [3.05, 3.63) is 0 Å². The van der Waals surface area contributed by atoms with E-state index in [0.717, 1.165) is 48.5 Å². The first kappa shape index (κ1) is 56.4. The first-order valence-electron chi connectivity index (χ1n) is 25.9.